The van der Waals surface area contributed by atoms with Gasteiger partial charge in [-0.1, -0.05) is 6.07 Å². The second-order valence-electron chi connectivity index (χ2n) is 5.61. The summed E-state index contributed by atoms with van der Waals surface area (Å²) in [6.45, 7) is 1.84. The van der Waals surface area contributed by atoms with E-state index in [1.54, 1.807) is 43.8 Å². The molecule has 1 amide bonds. The zero-order chi connectivity index (χ0) is 18.7. The van der Waals surface area contributed by atoms with Crippen molar-refractivity contribution in [3.05, 3.63) is 51.9 Å². The first kappa shape index (κ1) is 18.2. The fraction of sp³-hybridized carbons (Fsp3) is 0.222. The van der Waals surface area contributed by atoms with Crippen molar-refractivity contribution in [1.82, 2.24) is 10.6 Å². The molecule has 2 aromatic rings. The van der Waals surface area contributed by atoms with E-state index in [4.69, 9.17) is 21.7 Å². The van der Waals surface area contributed by atoms with Gasteiger partial charge in [-0.2, -0.15) is 0 Å². The summed E-state index contributed by atoms with van der Waals surface area (Å²) >= 11 is 6.82. The van der Waals surface area contributed by atoms with Crippen molar-refractivity contribution >= 4 is 40.3 Å². The smallest absolute Gasteiger partial charge is 0.255 e. The number of amides is 1. The molecule has 8 heteroatoms. The van der Waals surface area contributed by atoms with Crippen LogP contribution in [-0.4, -0.2) is 25.2 Å². The Morgan fingerprint density at radius 3 is 2.73 bits per heavy atom. The van der Waals surface area contributed by atoms with Gasteiger partial charge in [0.25, 0.3) is 5.91 Å². The molecule has 0 spiro atoms. The predicted octanol–water partition coefficient (Wildman–Crippen LogP) is 3.20. The molecule has 0 fully saturated rings. The van der Waals surface area contributed by atoms with Crippen molar-refractivity contribution in [3.63, 3.8) is 0 Å². The van der Waals surface area contributed by atoms with Crippen molar-refractivity contribution in [2.75, 3.05) is 19.5 Å². The Bertz CT molecular complexity index is 863. The number of thiophene rings is 1. The molecule has 0 saturated heterocycles. The number of nitrogens with one attached hydrogen (secondary N) is 3. The summed E-state index contributed by atoms with van der Waals surface area (Å²) in [5.74, 6) is 0.945. The lowest BCUT2D eigenvalue weighted by atomic mass is 10.0. The largest absolute Gasteiger partial charge is 0.497 e. The highest BCUT2D eigenvalue weighted by atomic mass is 32.1. The van der Waals surface area contributed by atoms with Crippen LogP contribution in [-0.2, 0) is 4.79 Å². The molecule has 3 N–H and O–H groups in total. The normalized spacial score (nSPS) is 16.6. The standard InChI is InChI=1S/C18H19N3O3S2/c1-10-15(16(21-18(25)19-10)14-5-4-8-26-14)17(22)20-12-7-6-11(23-2)9-13(12)24-3/h4-9,16H,1-3H3,(H,20,22)(H2,19,21,25)/t16-/m1/s1. The van der Waals surface area contributed by atoms with Crippen LogP contribution < -0.4 is 25.4 Å². The lowest BCUT2D eigenvalue weighted by Crippen LogP contribution is -2.45. The number of thiocarbonyl (C=S) groups is 1. The molecule has 1 aliphatic rings. The molecular formula is C18H19N3O3S2. The van der Waals surface area contributed by atoms with Gasteiger partial charge in [-0.25, -0.2) is 0 Å². The second-order valence-corrected chi connectivity index (χ2v) is 6.99. The van der Waals surface area contributed by atoms with E-state index in [0.29, 0.717) is 27.9 Å². The number of rotatable bonds is 5. The van der Waals surface area contributed by atoms with E-state index in [1.807, 2.05) is 24.4 Å². The molecule has 3 rings (SSSR count). The number of hydrogen-bond acceptors (Lipinski definition) is 5. The van der Waals surface area contributed by atoms with Gasteiger partial charge in [0.05, 0.1) is 31.5 Å². The number of allylic oxidation sites excluding steroid dienone is 1. The van der Waals surface area contributed by atoms with Gasteiger partial charge in [0.2, 0.25) is 0 Å². The molecule has 1 aromatic carbocycles. The molecule has 26 heavy (non-hydrogen) atoms. The molecule has 0 aliphatic carbocycles. The fourth-order valence-corrected chi connectivity index (χ4v) is 3.81. The number of methoxy groups -OCH3 is 2. The zero-order valence-electron chi connectivity index (χ0n) is 14.6. The molecule has 0 saturated carbocycles. The van der Waals surface area contributed by atoms with Crippen molar-refractivity contribution < 1.29 is 14.3 Å². The van der Waals surface area contributed by atoms with E-state index in [0.717, 1.165) is 10.6 Å². The second kappa shape index (κ2) is 7.76. The van der Waals surface area contributed by atoms with Crippen LogP contribution in [0.15, 0.2) is 47.0 Å². The lowest BCUT2D eigenvalue weighted by Gasteiger charge is -2.29. The summed E-state index contributed by atoms with van der Waals surface area (Å²) in [6, 6.07) is 8.87. The van der Waals surface area contributed by atoms with Crippen LogP contribution in [0.1, 0.15) is 17.8 Å². The van der Waals surface area contributed by atoms with Crippen molar-refractivity contribution in [3.8, 4) is 11.5 Å². The Balaban J connectivity index is 1.92. The number of anilines is 1. The monoisotopic (exact) mass is 389 g/mol. The van der Waals surface area contributed by atoms with Gasteiger partial charge in [0.1, 0.15) is 11.5 Å². The summed E-state index contributed by atoms with van der Waals surface area (Å²) in [7, 11) is 3.13. The minimum Gasteiger partial charge on any atom is -0.497 e. The van der Waals surface area contributed by atoms with E-state index in [9.17, 15) is 4.79 Å². The van der Waals surface area contributed by atoms with Crippen molar-refractivity contribution in [2.24, 2.45) is 0 Å². The molecule has 1 atom stereocenters. The number of carbonyl (C=O) groups excluding carboxylic acids is 1. The summed E-state index contributed by atoms with van der Waals surface area (Å²) in [6.07, 6.45) is 0. The molecule has 2 heterocycles. The maximum atomic E-state index is 13.0. The fourth-order valence-electron chi connectivity index (χ4n) is 2.76. The zero-order valence-corrected chi connectivity index (χ0v) is 16.2. The first-order valence-electron chi connectivity index (χ1n) is 7.88. The maximum Gasteiger partial charge on any atom is 0.255 e. The summed E-state index contributed by atoms with van der Waals surface area (Å²) < 4.78 is 10.6. The van der Waals surface area contributed by atoms with Gasteiger partial charge in [0.15, 0.2) is 5.11 Å². The summed E-state index contributed by atoms with van der Waals surface area (Å²) in [4.78, 5) is 14.1. The van der Waals surface area contributed by atoms with Gasteiger partial charge < -0.3 is 25.4 Å². The Hall–Kier alpha value is -2.58. The van der Waals surface area contributed by atoms with Crippen LogP contribution in [0, 0.1) is 0 Å². The van der Waals surface area contributed by atoms with Crippen LogP contribution in [0.25, 0.3) is 0 Å². The minimum absolute atomic E-state index is 0.230. The molecule has 0 radical (unpaired) electrons. The Morgan fingerprint density at radius 2 is 2.08 bits per heavy atom. The molecule has 136 valence electrons. The SMILES string of the molecule is COc1ccc(NC(=O)C2=C(C)NC(=S)N[C@@H]2c2cccs2)c(OC)c1. The van der Waals surface area contributed by atoms with Crippen LogP contribution in [0.3, 0.4) is 0 Å². The third kappa shape index (κ3) is 3.66. The highest BCUT2D eigenvalue weighted by molar-refractivity contribution is 7.80. The van der Waals surface area contributed by atoms with Crippen LogP contribution >= 0.6 is 23.6 Å². The number of hydrogen-bond donors (Lipinski definition) is 3. The van der Waals surface area contributed by atoms with Crippen LogP contribution in [0.4, 0.5) is 5.69 Å². The van der Waals surface area contributed by atoms with E-state index in [-0.39, 0.29) is 11.9 Å². The highest BCUT2D eigenvalue weighted by Gasteiger charge is 2.30. The van der Waals surface area contributed by atoms with Gasteiger partial charge >= 0.3 is 0 Å². The van der Waals surface area contributed by atoms with Crippen molar-refractivity contribution in [2.45, 2.75) is 13.0 Å². The van der Waals surface area contributed by atoms with E-state index < -0.39 is 0 Å². The molecule has 1 aromatic heterocycles. The Kier molecular flexibility index (Phi) is 5.43. The average Bonchev–Trinajstić information content (AvgIpc) is 3.15. The Morgan fingerprint density at radius 1 is 1.27 bits per heavy atom. The maximum absolute atomic E-state index is 13.0. The third-order valence-corrected chi connectivity index (χ3v) is 5.16. The average molecular weight is 390 g/mol. The minimum atomic E-state index is -0.298. The molecule has 0 unspecified atom stereocenters. The first-order chi connectivity index (χ1) is 12.5. The predicted molar refractivity (Wildman–Crippen MR) is 107 cm³/mol. The van der Waals surface area contributed by atoms with Crippen LogP contribution in [0.2, 0.25) is 0 Å². The molecule has 1 aliphatic heterocycles. The topological polar surface area (TPSA) is 71.6 Å². The van der Waals surface area contributed by atoms with E-state index in [2.05, 4.69) is 16.0 Å². The Labute approximate surface area is 161 Å². The molecule has 0 bridgehead atoms. The molecular weight excluding hydrogens is 370 g/mol. The molecule has 6 nitrogen and oxygen atoms in total. The van der Waals surface area contributed by atoms with E-state index >= 15 is 0 Å². The third-order valence-electron chi connectivity index (χ3n) is 4.00. The van der Waals surface area contributed by atoms with Crippen molar-refractivity contribution in [1.29, 1.82) is 0 Å². The number of carbonyl (C=O) groups is 1. The summed E-state index contributed by atoms with van der Waals surface area (Å²) in [5, 5.41) is 11.6. The summed E-state index contributed by atoms with van der Waals surface area (Å²) in [5.41, 5.74) is 1.87. The number of benzene rings is 1. The first-order valence-corrected chi connectivity index (χ1v) is 9.17. The van der Waals surface area contributed by atoms with Crippen LogP contribution in [0.5, 0.6) is 11.5 Å². The number of ether oxygens (including phenoxy) is 2. The van der Waals surface area contributed by atoms with Gasteiger partial charge in [0, 0.05) is 16.6 Å². The lowest BCUT2D eigenvalue weighted by molar-refractivity contribution is -0.113. The quantitative estimate of drug-likeness (QED) is 0.682. The van der Waals surface area contributed by atoms with Gasteiger partial charge in [-0.15, -0.1) is 11.3 Å². The van der Waals surface area contributed by atoms with E-state index in [1.165, 1.54) is 0 Å². The van der Waals surface area contributed by atoms with Gasteiger partial charge in [-0.3, -0.25) is 4.79 Å². The highest BCUT2D eigenvalue weighted by Crippen LogP contribution is 2.33. The van der Waals surface area contributed by atoms with Gasteiger partial charge in [-0.05, 0) is 42.7 Å².